The van der Waals surface area contributed by atoms with Gasteiger partial charge in [0.05, 0.1) is 24.0 Å². The predicted molar refractivity (Wildman–Crippen MR) is 111 cm³/mol. The van der Waals surface area contributed by atoms with Crippen LogP contribution >= 0.6 is 11.3 Å². The fourth-order valence-corrected chi connectivity index (χ4v) is 3.98. The Kier molecular flexibility index (Phi) is 10.5. The van der Waals surface area contributed by atoms with Gasteiger partial charge in [-0.05, 0) is 44.3 Å². The predicted octanol–water partition coefficient (Wildman–Crippen LogP) is 1.20. The van der Waals surface area contributed by atoms with E-state index in [1.807, 2.05) is 17.5 Å². The molecule has 0 radical (unpaired) electrons. The van der Waals surface area contributed by atoms with Crippen molar-refractivity contribution in [1.29, 1.82) is 0 Å². The maximum Gasteiger partial charge on any atom is 0.226 e. The number of carbonyl (C=O) groups is 3. The molecule has 0 bridgehead atoms. The van der Waals surface area contributed by atoms with E-state index >= 15 is 0 Å². The molecule has 0 fully saturated rings. The van der Waals surface area contributed by atoms with Gasteiger partial charge in [-0.3, -0.25) is 14.4 Å². The highest BCUT2D eigenvalue weighted by Gasteiger charge is 2.33. The fraction of sp³-hybridized carbons (Fsp3) is 0.650. The number of nitrogens with one attached hydrogen (secondary N) is 1. The van der Waals surface area contributed by atoms with Gasteiger partial charge in [0, 0.05) is 17.2 Å². The van der Waals surface area contributed by atoms with Crippen molar-refractivity contribution in [1.82, 2.24) is 5.32 Å². The number of aliphatic hydroxyl groups excluding tert-OH is 1. The molecule has 2 unspecified atom stereocenters. The van der Waals surface area contributed by atoms with Crippen LogP contribution in [0.25, 0.3) is 0 Å². The zero-order valence-electron chi connectivity index (χ0n) is 16.9. The Labute approximate surface area is 170 Å². The van der Waals surface area contributed by atoms with Crippen molar-refractivity contribution in [3.05, 3.63) is 22.4 Å². The second-order valence-electron chi connectivity index (χ2n) is 7.36. The van der Waals surface area contributed by atoms with Gasteiger partial charge >= 0.3 is 0 Å². The minimum atomic E-state index is -1.03. The molecule has 0 aliphatic carbocycles. The number of amides is 1. The van der Waals surface area contributed by atoms with Crippen molar-refractivity contribution >= 4 is 28.8 Å². The maximum atomic E-state index is 12.9. The van der Waals surface area contributed by atoms with Gasteiger partial charge in [-0.25, -0.2) is 0 Å². The number of hydrogen-bond donors (Lipinski definition) is 4. The highest BCUT2D eigenvalue weighted by atomic mass is 32.1. The van der Waals surface area contributed by atoms with E-state index < -0.39 is 29.9 Å². The van der Waals surface area contributed by atoms with E-state index in [0.29, 0.717) is 19.4 Å². The molecule has 0 aliphatic rings. The van der Waals surface area contributed by atoms with Gasteiger partial charge in [0.15, 0.2) is 5.78 Å². The molecule has 6 N–H and O–H groups in total. The minimum Gasteiger partial charge on any atom is -0.393 e. The van der Waals surface area contributed by atoms with Crippen LogP contribution in [-0.2, 0) is 14.4 Å². The van der Waals surface area contributed by atoms with Gasteiger partial charge in [-0.15, -0.1) is 11.3 Å². The van der Waals surface area contributed by atoms with Crippen molar-refractivity contribution in [2.45, 2.75) is 58.1 Å². The Morgan fingerprint density at radius 2 is 1.79 bits per heavy atom. The zero-order valence-corrected chi connectivity index (χ0v) is 17.7. The molecule has 1 aromatic heterocycles. The number of Topliss-reactive ketones (excluding diaryl/α,β-unsaturated/α-hetero) is 2. The first-order chi connectivity index (χ1) is 13.2. The van der Waals surface area contributed by atoms with Crippen LogP contribution < -0.4 is 16.8 Å². The van der Waals surface area contributed by atoms with E-state index in [2.05, 4.69) is 5.32 Å². The van der Waals surface area contributed by atoms with Crippen molar-refractivity contribution in [3.63, 3.8) is 0 Å². The molecule has 7 nitrogen and oxygen atoms in total. The summed E-state index contributed by atoms with van der Waals surface area (Å²) in [6.07, 6.45) is -0.348. The SMILES string of the molecule is CC(C)C(=O)[C@H](CCN)NC(=O)[C@@H](CC(=O)C(CCN)c1cccs1)C(C)O. The van der Waals surface area contributed by atoms with Crippen LogP contribution in [0.2, 0.25) is 0 Å². The number of hydrogen-bond acceptors (Lipinski definition) is 7. The van der Waals surface area contributed by atoms with Crippen LogP contribution in [0.5, 0.6) is 0 Å². The van der Waals surface area contributed by atoms with Crippen LogP contribution in [0.15, 0.2) is 17.5 Å². The van der Waals surface area contributed by atoms with Crippen molar-refractivity contribution in [2.24, 2.45) is 23.3 Å². The van der Waals surface area contributed by atoms with Crippen molar-refractivity contribution in [2.75, 3.05) is 13.1 Å². The zero-order chi connectivity index (χ0) is 21.3. The normalized spacial score (nSPS) is 15.7. The first-order valence-corrected chi connectivity index (χ1v) is 10.6. The first-order valence-electron chi connectivity index (χ1n) is 9.71. The smallest absolute Gasteiger partial charge is 0.226 e. The molecule has 1 rings (SSSR count). The van der Waals surface area contributed by atoms with Crippen LogP contribution in [0.3, 0.4) is 0 Å². The third-order valence-electron chi connectivity index (χ3n) is 4.76. The standard InChI is InChI=1S/C20H33N3O4S/c1-12(2)19(26)16(7-9-22)23-20(27)15(13(3)24)11-17(25)14(6-8-21)18-5-4-10-28-18/h4-5,10,12-16,24H,6-9,11,21-22H2,1-3H3,(H,23,27)/t13?,14?,15-,16-/m0/s1. The maximum absolute atomic E-state index is 12.9. The van der Waals surface area contributed by atoms with Gasteiger partial charge in [0.1, 0.15) is 5.78 Å². The number of thiophene rings is 1. The summed E-state index contributed by atoms with van der Waals surface area (Å²) in [5.74, 6) is -2.34. The second-order valence-corrected chi connectivity index (χ2v) is 8.34. The second kappa shape index (κ2) is 12.1. The van der Waals surface area contributed by atoms with Crippen LogP contribution in [-0.4, -0.2) is 47.8 Å². The first kappa shape index (κ1) is 24.4. The molecule has 158 valence electrons. The van der Waals surface area contributed by atoms with Gasteiger partial charge in [-0.2, -0.15) is 0 Å². The molecule has 0 aromatic carbocycles. The Morgan fingerprint density at radius 1 is 1.14 bits per heavy atom. The number of ketones is 2. The topological polar surface area (TPSA) is 136 Å². The molecule has 1 aromatic rings. The number of nitrogens with two attached hydrogens (primary N) is 2. The van der Waals surface area contributed by atoms with Gasteiger partial charge in [0.25, 0.3) is 0 Å². The Morgan fingerprint density at radius 3 is 2.25 bits per heavy atom. The van der Waals surface area contributed by atoms with E-state index in [4.69, 9.17) is 11.5 Å². The Balaban J connectivity index is 2.91. The molecule has 28 heavy (non-hydrogen) atoms. The lowest BCUT2D eigenvalue weighted by molar-refractivity contribution is -0.136. The summed E-state index contributed by atoms with van der Waals surface area (Å²) in [4.78, 5) is 38.9. The summed E-state index contributed by atoms with van der Waals surface area (Å²) in [6.45, 7) is 5.58. The van der Waals surface area contributed by atoms with E-state index in [9.17, 15) is 19.5 Å². The average molecular weight is 412 g/mol. The van der Waals surface area contributed by atoms with Crippen LogP contribution in [0.4, 0.5) is 0 Å². The molecule has 0 spiro atoms. The summed E-state index contributed by atoms with van der Waals surface area (Å²) in [7, 11) is 0. The summed E-state index contributed by atoms with van der Waals surface area (Å²) >= 11 is 1.47. The highest BCUT2D eigenvalue weighted by Crippen LogP contribution is 2.28. The lowest BCUT2D eigenvalue weighted by Gasteiger charge is -2.25. The molecule has 0 saturated carbocycles. The van der Waals surface area contributed by atoms with Crippen LogP contribution in [0, 0.1) is 11.8 Å². The third-order valence-corrected chi connectivity index (χ3v) is 5.74. The van der Waals surface area contributed by atoms with Crippen LogP contribution in [0.1, 0.15) is 50.8 Å². The lowest BCUT2D eigenvalue weighted by Crippen LogP contribution is -2.48. The summed E-state index contributed by atoms with van der Waals surface area (Å²) in [6, 6.07) is 3.02. The molecule has 4 atom stereocenters. The Hall–Kier alpha value is -1.61. The average Bonchev–Trinajstić information content (AvgIpc) is 3.16. The molecule has 1 amide bonds. The monoisotopic (exact) mass is 411 g/mol. The molecule has 0 aliphatic heterocycles. The van der Waals surface area contributed by atoms with Gasteiger partial charge in [0.2, 0.25) is 5.91 Å². The van der Waals surface area contributed by atoms with E-state index in [-0.39, 0.29) is 30.4 Å². The van der Waals surface area contributed by atoms with Crippen molar-refractivity contribution < 1.29 is 19.5 Å². The van der Waals surface area contributed by atoms with E-state index in [0.717, 1.165) is 4.88 Å². The molecular weight excluding hydrogens is 378 g/mol. The quantitative estimate of drug-likeness (QED) is 0.385. The van der Waals surface area contributed by atoms with Crippen molar-refractivity contribution in [3.8, 4) is 0 Å². The highest BCUT2D eigenvalue weighted by molar-refractivity contribution is 7.10. The third kappa shape index (κ3) is 7.09. The number of rotatable bonds is 13. The van der Waals surface area contributed by atoms with Gasteiger partial charge < -0.3 is 21.9 Å². The van der Waals surface area contributed by atoms with E-state index in [1.54, 1.807) is 13.8 Å². The molecular formula is C20H33N3O4S. The molecule has 0 saturated heterocycles. The summed E-state index contributed by atoms with van der Waals surface area (Å²) in [5.41, 5.74) is 11.2. The fourth-order valence-electron chi connectivity index (χ4n) is 3.09. The molecule has 1 heterocycles. The minimum absolute atomic E-state index is 0.114. The van der Waals surface area contributed by atoms with Gasteiger partial charge in [-0.1, -0.05) is 19.9 Å². The number of carbonyl (C=O) groups excluding carboxylic acids is 3. The summed E-state index contributed by atoms with van der Waals surface area (Å²) < 4.78 is 0. The van der Waals surface area contributed by atoms with E-state index in [1.165, 1.54) is 18.3 Å². The number of aliphatic hydroxyl groups is 1. The summed E-state index contributed by atoms with van der Waals surface area (Å²) in [5, 5.41) is 14.7. The largest absolute Gasteiger partial charge is 0.393 e. The Bertz CT molecular complexity index is 631. The lowest BCUT2D eigenvalue weighted by atomic mass is 9.87. The molecule has 8 heteroatoms.